The Labute approximate surface area is 98.9 Å². The maximum absolute atomic E-state index is 8.74. The van der Waals surface area contributed by atoms with Gasteiger partial charge in [0.15, 0.2) is 6.07 Å². The van der Waals surface area contributed by atoms with E-state index in [0.29, 0.717) is 11.8 Å². The molecule has 1 aliphatic heterocycles. The van der Waals surface area contributed by atoms with Crippen LogP contribution < -0.4 is 5.32 Å². The molecule has 0 saturated carbocycles. The van der Waals surface area contributed by atoms with Crippen molar-refractivity contribution in [3.8, 4) is 6.07 Å². The summed E-state index contributed by atoms with van der Waals surface area (Å²) in [5.74, 6) is 1.17. The minimum atomic E-state index is 0.135. The largest absolute Gasteiger partial charge is 0.412 e. The van der Waals surface area contributed by atoms with E-state index in [-0.39, 0.29) is 5.89 Å². The van der Waals surface area contributed by atoms with Gasteiger partial charge in [-0.1, -0.05) is 30.3 Å². The molecule has 1 aromatic carbocycles. The van der Waals surface area contributed by atoms with Crippen LogP contribution in [0.5, 0.6) is 0 Å². The molecule has 4 heteroatoms. The molecule has 4 nitrogen and oxygen atoms in total. The van der Waals surface area contributed by atoms with E-state index in [1.807, 2.05) is 24.3 Å². The fraction of sp³-hybridized carbons (Fsp3) is 0.231. The highest BCUT2D eigenvalue weighted by atomic mass is 16.4. The standard InChI is InChI=1S/C13H11N3O/c14-7-12-16-11-6-10(8-15-13(11)17-12)9-4-2-1-3-5-9/h1-5,10,15H,6,8H2. The van der Waals surface area contributed by atoms with E-state index in [0.717, 1.165) is 18.7 Å². The number of nitrogens with zero attached hydrogens (tertiary/aromatic N) is 2. The van der Waals surface area contributed by atoms with Crippen molar-refractivity contribution in [3.05, 3.63) is 47.5 Å². The number of hydrogen-bond acceptors (Lipinski definition) is 4. The minimum absolute atomic E-state index is 0.135. The van der Waals surface area contributed by atoms with Crippen LogP contribution in [0.1, 0.15) is 23.1 Å². The third-order valence-corrected chi connectivity index (χ3v) is 3.01. The predicted molar refractivity (Wildman–Crippen MR) is 62.6 cm³/mol. The normalized spacial score (nSPS) is 17.9. The second-order valence-corrected chi connectivity index (χ2v) is 4.10. The van der Waals surface area contributed by atoms with Gasteiger partial charge in [-0.2, -0.15) is 5.26 Å². The Bertz CT molecular complexity index is 568. The maximum Gasteiger partial charge on any atom is 0.302 e. The van der Waals surface area contributed by atoms with Gasteiger partial charge in [0.1, 0.15) is 5.69 Å². The number of fused-ring (bicyclic) bond motifs is 1. The van der Waals surface area contributed by atoms with E-state index >= 15 is 0 Å². The quantitative estimate of drug-likeness (QED) is 0.808. The van der Waals surface area contributed by atoms with E-state index in [1.165, 1.54) is 5.56 Å². The average molecular weight is 225 g/mol. The molecule has 1 unspecified atom stereocenters. The van der Waals surface area contributed by atoms with E-state index in [9.17, 15) is 0 Å². The summed E-state index contributed by atoms with van der Waals surface area (Å²) in [6, 6.07) is 12.2. The number of anilines is 1. The van der Waals surface area contributed by atoms with Crippen LogP contribution in [-0.4, -0.2) is 11.5 Å². The molecule has 17 heavy (non-hydrogen) atoms. The van der Waals surface area contributed by atoms with Crippen molar-refractivity contribution in [2.24, 2.45) is 0 Å². The molecule has 3 rings (SSSR count). The lowest BCUT2D eigenvalue weighted by atomic mass is 9.92. The number of rotatable bonds is 1. The molecule has 2 aromatic rings. The highest BCUT2D eigenvalue weighted by Gasteiger charge is 2.24. The van der Waals surface area contributed by atoms with Crippen LogP contribution in [0.15, 0.2) is 34.7 Å². The molecule has 1 aromatic heterocycles. The zero-order valence-corrected chi connectivity index (χ0v) is 9.18. The van der Waals surface area contributed by atoms with Gasteiger partial charge >= 0.3 is 5.89 Å². The molecular formula is C13H11N3O. The summed E-state index contributed by atoms with van der Waals surface area (Å²) in [4.78, 5) is 4.15. The van der Waals surface area contributed by atoms with Crippen LogP contribution in [0.25, 0.3) is 0 Å². The summed E-state index contributed by atoms with van der Waals surface area (Å²) in [6.45, 7) is 0.817. The van der Waals surface area contributed by atoms with E-state index in [4.69, 9.17) is 9.68 Å². The molecule has 1 aliphatic rings. The van der Waals surface area contributed by atoms with Gasteiger partial charge in [-0.3, -0.25) is 0 Å². The third-order valence-electron chi connectivity index (χ3n) is 3.01. The molecule has 0 spiro atoms. The summed E-state index contributed by atoms with van der Waals surface area (Å²) in [5, 5.41) is 11.9. The summed E-state index contributed by atoms with van der Waals surface area (Å²) in [6.07, 6.45) is 0.817. The lowest BCUT2D eigenvalue weighted by Gasteiger charge is -2.21. The molecule has 0 saturated heterocycles. The lowest BCUT2D eigenvalue weighted by Crippen LogP contribution is -2.20. The Morgan fingerprint density at radius 3 is 2.94 bits per heavy atom. The van der Waals surface area contributed by atoms with Crippen molar-refractivity contribution in [1.29, 1.82) is 5.26 Å². The van der Waals surface area contributed by atoms with E-state index < -0.39 is 0 Å². The zero-order valence-electron chi connectivity index (χ0n) is 9.18. The second kappa shape index (κ2) is 3.95. The summed E-state index contributed by atoms with van der Waals surface area (Å²) >= 11 is 0. The molecule has 0 aliphatic carbocycles. The number of nitriles is 1. The first kappa shape index (κ1) is 9.91. The number of aromatic nitrogens is 1. The van der Waals surface area contributed by atoms with Crippen molar-refractivity contribution in [1.82, 2.24) is 4.98 Å². The van der Waals surface area contributed by atoms with Gasteiger partial charge in [-0.25, -0.2) is 4.98 Å². The average Bonchev–Trinajstić information content (AvgIpc) is 2.81. The van der Waals surface area contributed by atoms with E-state index in [1.54, 1.807) is 0 Å². The monoisotopic (exact) mass is 225 g/mol. The number of oxazole rings is 1. The predicted octanol–water partition coefficient (Wildman–Crippen LogP) is 2.30. The van der Waals surface area contributed by atoms with Crippen molar-refractivity contribution in [3.63, 3.8) is 0 Å². The SMILES string of the molecule is N#Cc1nc2c(o1)NCC(c1ccccc1)C2. The smallest absolute Gasteiger partial charge is 0.302 e. The topological polar surface area (TPSA) is 61.9 Å². The maximum atomic E-state index is 8.74. The van der Waals surface area contributed by atoms with E-state index in [2.05, 4.69) is 22.4 Å². The molecule has 0 fully saturated rings. The van der Waals surface area contributed by atoms with Crippen LogP contribution in [0.3, 0.4) is 0 Å². The van der Waals surface area contributed by atoms with Crippen molar-refractivity contribution < 1.29 is 4.42 Å². The van der Waals surface area contributed by atoms with Gasteiger partial charge in [-0.05, 0) is 5.56 Å². The van der Waals surface area contributed by atoms with Crippen LogP contribution in [0, 0.1) is 11.3 Å². The van der Waals surface area contributed by atoms with Crippen molar-refractivity contribution in [2.75, 3.05) is 11.9 Å². The van der Waals surface area contributed by atoms with Gasteiger partial charge < -0.3 is 9.73 Å². The molecule has 0 bridgehead atoms. The minimum Gasteiger partial charge on any atom is -0.412 e. The molecule has 2 heterocycles. The third kappa shape index (κ3) is 1.76. The van der Waals surface area contributed by atoms with Gasteiger partial charge in [0.05, 0.1) is 0 Å². The Kier molecular flexibility index (Phi) is 2.30. The molecule has 0 amide bonds. The van der Waals surface area contributed by atoms with Crippen LogP contribution in [-0.2, 0) is 6.42 Å². The first-order chi connectivity index (χ1) is 8.36. The molecule has 1 N–H and O–H groups in total. The lowest BCUT2D eigenvalue weighted by molar-refractivity contribution is 0.540. The fourth-order valence-corrected chi connectivity index (χ4v) is 2.16. The summed E-state index contributed by atoms with van der Waals surface area (Å²) < 4.78 is 5.26. The zero-order chi connectivity index (χ0) is 11.7. The van der Waals surface area contributed by atoms with Crippen LogP contribution in [0.4, 0.5) is 5.88 Å². The number of hydrogen-bond donors (Lipinski definition) is 1. The van der Waals surface area contributed by atoms with Gasteiger partial charge in [0.25, 0.3) is 0 Å². The number of nitrogens with one attached hydrogen (secondary N) is 1. The fourth-order valence-electron chi connectivity index (χ4n) is 2.16. The molecule has 84 valence electrons. The van der Waals surface area contributed by atoms with Crippen molar-refractivity contribution >= 4 is 5.88 Å². The Balaban J connectivity index is 1.88. The van der Waals surface area contributed by atoms with Crippen LogP contribution in [0.2, 0.25) is 0 Å². The molecule has 1 atom stereocenters. The summed E-state index contributed by atoms with van der Waals surface area (Å²) in [7, 11) is 0. The first-order valence-electron chi connectivity index (χ1n) is 5.55. The van der Waals surface area contributed by atoms with Crippen molar-refractivity contribution in [2.45, 2.75) is 12.3 Å². The second-order valence-electron chi connectivity index (χ2n) is 4.10. The Morgan fingerprint density at radius 1 is 1.35 bits per heavy atom. The first-order valence-corrected chi connectivity index (χ1v) is 5.55. The van der Waals surface area contributed by atoms with Gasteiger partial charge in [0.2, 0.25) is 5.88 Å². The molecule has 0 radical (unpaired) electrons. The summed E-state index contributed by atoms with van der Waals surface area (Å²) in [5.41, 5.74) is 2.13. The highest BCUT2D eigenvalue weighted by molar-refractivity contribution is 5.44. The molecular weight excluding hydrogens is 214 g/mol. The number of benzene rings is 1. The van der Waals surface area contributed by atoms with Gasteiger partial charge in [0, 0.05) is 18.9 Å². The van der Waals surface area contributed by atoms with Crippen LogP contribution >= 0.6 is 0 Å². The highest BCUT2D eigenvalue weighted by Crippen LogP contribution is 2.30. The van der Waals surface area contributed by atoms with Gasteiger partial charge in [-0.15, -0.1) is 0 Å². The Morgan fingerprint density at radius 2 is 2.18 bits per heavy atom. The Hall–Kier alpha value is -2.28.